The minimum absolute atomic E-state index is 0.0283. The van der Waals surface area contributed by atoms with Gasteiger partial charge in [0.15, 0.2) is 0 Å². The molecule has 110 valence electrons. The highest BCUT2D eigenvalue weighted by Crippen LogP contribution is 2.17. The number of anilines is 1. The Kier molecular flexibility index (Phi) is 5.83. The summed E-state index contributed by atoms with van der Waals surface area (Å²) in [5.41, 5.74) is 0.786. The number of carbonyl (C=O) groups excluding carboxylic acids is 1. The van der Waals surface area contributed by atoms with Gasteiger partial charge in [-0.25, -0.2) is 0 Å². The number of nitrogens with one attached hydrogen (secondary N) is 2. The van der Waals surface area contributed by atoms with Crippen molar-refractivity contribution in [1.29, 1.82) is 0 Å². The van der Waals surface area contributed by atoms with E-state index in [4.69, 9.17) is 4.74 Å². The molecular formula is C15H23N3O2. The van der Waals surface area contributed by atoms with E-state index in [2.05, 4.69) is 15.5 Å². The molecule has 1 aromatic carbocycles. The molecule has 1 saturated heterocycles. The lowest BCUT2D eigenvalue weighted by Gasteiger charge is -2.18. The van der Waals surface area contributed by atoms with Crippen molar-refractivity contribution in [3.8, 4) is 5.75 Å². The van der Waals surface area contributed by atoms with E-state index in [-0.39, 0.29) is 5.91 Å². The summed E-state index contributed by atoms with van der Waals surface area (Å²) in [6.45, 7) is 6.89. The van der Waals surface area contributed by atoms with Crippen molar-refractivity contribution < 1.29 is 9.53 Å². The molecule has 0 bridgehead atoms. The van der Waals surface area contributed by atoms with E-state index in [1.54, 1.807) is 0 Å². The van der Waals surface area contributed by atoms with Crippen LogP contribution in [0.25, 0.3) is 0 Å². The second kappa shape index (κ2) is 7.87. The van der Waals surface area contributed by atoms with Gasteiger partial charge in [0, 0.05) is 24.8 Å². The number of benzene rings is 1. The minimum atomic E-state index is 0.0283. The summed E-state index contributed by atoms with van der Waals surface area (Å²) in [7, 11) is 0. The number of hydrogen-bond donors (Lipinski definition) is 2. The Morgan fingerprint density at radius 3 is 3.15 bits per heavy atom. The van der Waals surface area contributed by atoms with E-state index in [1.807, 2.05) is 31.2 Å². The molecule has 5 nitrogen and oxygen atoms in total. The van der Waals surface area contributed by atoms with E-state index >= 15 is 0 Å². The van der Waals surface area contributed by atoms with Crippen LogP contribution in [-0.2, 0) is 4.79 Å². The molecule has 20 heavy (non-hydrogen) atoms. The lowest BCUT2D eigenvalue weighted by atomic mass is 10.3. The van der Waals surface area contributed by atoms with Crippen molar-refractivity contribution in [3.63, 3.8) is 0 Å². The summed E-state index contributed by atoms with van der Waals surface area (Å²) in [6.07, 6.45) is 1.09. The number of ether oxygens (including phenoxy) is 1. The van der Waals surface area contributed by atoms with E-state index in [9.17, 15) is 4.79 Å². The molecule has 1 amide bonds. The SMILES string of the molecule is CCOc1cccc(NC(=O)CN2CCCNCC2)c1. The molecular weight excluding hydrogens is 254 g/mol. The number of rotatable bonds is 5. The van der Waals surface area contributed by atoms with Crippen LogP contribution in [0.3, 0.4) is 0 Å². The van der Waals surface area contributed by atoms with Crippen LogP contribution in [0.1, 0.15) is 13.3 Å². The fourth-order valence-corrected chi connectivity index (χ4v) is 2.29. The monoisotopic (exact) mass is 277 g/mol. The second-order valence-electron chi connectivity index (χ2n) is 4.89. The molecule has 0 radical (unpaired) electrons. The summed E-state index contributed by atoms with van der Waals surface area (Å²) in [6, 6.07) is 7.51. The first-order valence-corrected chi connectivity index (χ1v) is 7.23. The Morgan fingerprint density at radius 1 is 1.40 bits per heavy atom. The van der Waals surface area contributed by atoms with Gasteiger partial charge in [0.1, 0.15) is 5.75 Å². The molecule has 1 aliphatic heterocycles. The third kappa shape index (κ3) is 4.83. The Hall–Kier alpha value is -1.59. The largest absolute Gasteiger partial charge is 0.494 e. The van der Waals surface area contributed by atoms with E-state index in [1.165, 1.54) is 0 Å². The van der Waals surface area contributed by atoms with Crippen molar-refractivity contribution in [2.45, 2.75) is 13.3 Å². The summed E-state index contributed by atoms with van der Waals surface area (Å²) in [5.74, 6) is 0.810. The van der Waals surface area contributed by atoms with Gasteiger partial charge in [0.05, 0.1) is 13.2 Å². The van der Waals surface area contributed by atoms with Crippen LogP contribution in [0.5, 0.6) is 5.75 Å². The lowest BCUT2D eigenvalue weighted by molar-refractivity contribution is -0.117. The molecule has 5 heteroatoms. The fraction of sp³-hybridized carbons (Fsp3) is 0.533. The molecule has 0 aliphatic carbocycles. The highest BCUT2D eigenvalue weighted by molar-refractivity contribution is 5.92. The molecule has 2 N–H and O–H groups in total. The Bertz CT molecular complexity index is 429. The molecule has 2 rings (SSSR count). The first kappa shape index (κ1) is 14.8. The maximum atomic E-state index is 12.0. The van der Waals surface area contributed by atoms with Crippen molar-refractivity contribution in [1.82, 2.24) is 10.2 Å². The third-order valence-corrected chi connectivity index (χ3v) is 3.23. The predicted molar refractivity (Wildman–Crippen MR) is 80.2 cm³/mol. The van der Waals surface area contributed by atoms with Gasteiger partial charge in [-0.2, -0.15) is 0 Å². The van der Waals surface area contributed by atoms with Crippen LogP contribution in [-0.4, -0.2) is 50.1 Å². The van der Waals surface area contributed by atoms with Gasteiger partial charge in [0.25, 0.3) is 0 Å². The first-order chi connectivity index (χ1) is 9.78. The molecule has 0 atom stereocenters. The predicted octanol–water partition coefficient (Wildman–Crippen LogP) is 1.32. The summed E-state index contributed by atoms with van der Waals surface area (Å²) in [5, 5.41) is 6.26. The smallest absolute Gasteiger partial charge is 0.238 e. The Labute approximate surface area is 120 Å². The highest BCUT2D eigenvalue weighted by atomic mass is 16.5. The highest BCUT2D eigenvalue weighted by Gasteiger charge is 2.12. The third-order valence-electron chi connectivity index (χ3n) is 3.23. The zero-order chi connectivity index (χ0) is 14.2. The van der Waals surface area contributed by atoms with Crippen LogP contribution in [0.2, 0.25) is 0 Å². The van der Waals surface area contributed by atoms with Crippen LogP contribution < -0.4 is 15.4 Å². The minimum Gasteiger partial charge on any atom is -0.494 e. The molecule has 1 heterocycles. The summed E-state index contributed by atoms with van der Waals surface area (Å²) in [4.78, 5) is 14.2. The van der Waals surface area contributed by atoms with Crippen LogP contribution in [0, 0.1) is 0 Å². The number of carbonyl (C=O) groups is 1. The van der Waals surface area contributed by atoms with Crippen molar-refractivity contribution in [2.75, 3.05) is 44.6 Å². The maximum Gasteiger partial charge on any atom is 0.238 e. The van der Waals surface area contributed by atoms with Crippen molar-refractivity contribution in [2.24, 2.45) is 0 Å². The van der Waals surface area contributed by atoms with Gasteiger partial charge in [-0.3, -0.25) is 9.69 Å². The van der Waals surface area contributed by atoms with E-state index in [0.717, 1.165) is 44.0 Å². The average molecular weight is 277 g/mol. The normalized spacial score (nSPS) is 16.4. The quantitative estimate of drug-likeness (QED) is 0.852. The maximum absolute atomic E-state index is 12.0. The van der Waals surface area contributed by atoms with Gasteiger partial charge >= 0.3 is 0 Å². The second-order valence-corrected chi connectivity index (χ2v) is 4.89. The fourth-order valence-electron chi connectivity index (χ4n) is 2.29. The molecule has 1 aliphatic rings. The summed E-state index contributed by atoms with van der Waals surface area (Å²) < 4.78 is 5.42. The van der Waals surface area contributed by atoms with Gasteiger partial charge in [-0.05, 0) is 38.6 Å². The van der Waals surface area contributed by atoms with Crippen LogP contribution in [0.15, 0.2) is 24.3 Å². The molecule has 0 spiro atoms. The Morgan fingerprint density at radius 2 is 2.30 bits per heavy atom. The van der Waals surface area contributed by atoms with Crippen LogP contribution in [0.4, 0.5) is 5.69 Å². The number of nitrogens with zero attached hydrogens (tertiary/aromatic N) is 1. The standard InChI is InChI=1S/C15H23N3O2/c1-2-20-14-6-3-5-13(11-14)17-15(19)12-18-9-4-7-16-8-10-18/h3,5-6,11,16H,2,4,7-10,12H2,1H3,(H,17,19). The first-order valence-electron chi connectivity index (χ1n) is 7.23. The zero-order valence-corrected chi connectivity index (χ0v) is 12.0. The van der Waals surface area contributed by atoms with Gasteiger partial charge in [-0.1, -0.05) is 6.07 Å². The molecule has 1 fully saturated rings. The van der Waals surface area contributed by atoms with E-state index < -0.39 is 0 Å². The van der Waals surface area contributed by atoms with E-state index in [0.29, 0.717) is 13.2 Å². The number of amides is 1. The van der Waals surface area contributed by atoms with Gasteiger partial charge < -0.3 is 15.4 Å². The molecule has 1 aromatic rings. The van der Waals surface area contributed by atoms with Gasteiger partial charge in [-0.15, -0.1) is 0 Å². The summed E-state index contributed by atoms with van der Waals surface area (Å²) >= 11 is 0. The molecule has 0 saturated carbocycles. The van der Waals surface area contributed by atoms with Crippen molar-refractivity contribution >= 4 is 11.6 Å². The van der Waals surface area contributed by atoms with Crippen LogP contribution >= 0.6 is 0 Å². The molecule has 0 unspecified atom stereocenters. The molecule has 0 aromatic heterocycles. The lowest BCUT2D eigenvalue weighted by Crippen LogP contribution is -2.35. The zero-order valence-electron chi connectivity index (χ0n) is 12.0. The Balaban J connectivity index is 1.85. The average Bonchev–Trinajstić information content (AvgIpc) is 2.68. The topological polar surface area (TPSA) is 53.6 Å². The van der Waals surface area contributed by atoms with Crippen molar-refractivity contribution in [3.05, 3.63) is 24.3 Å². The van der Waals surface area contributed by atoms with Gasteiger partial charge in [0.2, 0.25) is 5.91 Å². The number of hydrogen-bond acceptors (Lipinski definition) is 4.